The summed E-state index contributed by atoms with van der Waals surface area (Å²) < 4.78 is 13.4. The molecule has 0 spiro atoms. The van der Waals surface area contributed by atoms with Crippen molar-refractivity contribution in [2.45, 2.75) is 0 Å². The monoisotopic (exact) mass is 307 g/mol. The van der Waals surface area contributed by atoms with E-state index in [1.807, 2.05) is 0 Å². The van der Waals surface area contributed by atoms with Crippen molar-refractivity contribution < 1.29 is 4.39 Å². The maximum Gasteiger partial charge on any atom is 0.158 e. The van der Waals surface area contributed by atoms with Gasteiger partial charge in [0.15, 0.2) is 5.82 Å². The minimum Gasteiger partial charge on any atom is -0.350 e. The second-order valence-corrected chi connectivity index (χ2v) is 4.94. The first-order valence-corrected chi connectivity index (χ1v) is 6.06. The van der Waals surface area contributed by atoms with Gasteiger partial charge in [-0.15, -0.1) is 0 Å². The third-order valence-electron chi connectivity index (χ3n) is 2.18. The molecule has 1 aromatic carbocycles. The number of hydrogen-bond donors (Lipinski definition) is 1. The molecule has 17 heavy (non-hydrogen) atoms. The molecule has 0 aliphatic rings. The zero-order valence-corrected chi connectivity index (χ0v) is 11.3. The molecule has 6 heteroatoms. The molecule has 1 N–H and O–H groups in total. The summed E-state index contributed by atoms with van der Waals surface area (Å²) in [6.07, 6.45) is 1.57. The highest BCUT2D eigenvalue weighted by Gasteiger charge is 2.09. The van der Waals surface area contributed by atoms with E-state index in [2.05, 4.69) is 4.98 Å². The molecule has 0 saturated heterocycles. The first-order chi connectivity index (χ1) is 7.99. The standard InChI is InChI=1S/C11H5Cl3FNS/c12-7-3-9(14)8(13)2-6(7)5-1-10(15)11(17)16-4-5/h1-4H,(H,16,17). The third kappa shape index (κ3) is 2.63. The number of benzene rings is 1. The fourth-order valence-electron chi connectivity index (χ4n) is 1.36. The lowest BCUT2D eigenvalue weighted by Crippen LogP contribution is -1.87. The Labute approximate surface area is 117 Å². The van der Waals surface area contributed by atoms with Crippen LogP contribution < -0.4 is 0 Å². The van der Waals surface area contributed by atoms with E-state index in [-0.39, 0.29) is 4.64 Å². The van der Waals surface area contributed by atoms with Crippen LogP contribution in [0.4, 0.5) is 4.39 Å². The summed E-state index contributed by atoms with van der Waals surface area (Å²) in [7, 11) is 0. The smallest absolute Gasteiger partial charge is 0.158 e. The van der Waals surface area contributed by atoms with Crippen LogP contribution >= 0.6 is 47.0 Å². The average molecular weight is 309 g/mol. The summed E-state index contributed by atoms with van der Waals surface area (Å²) in [5, 5.41) is 1.10. The molecular formula is C11H5Cl3FNS. The van der Waals surface area contributed by atoms with Crippen molar-refractivity contribution in [1.29, 1.82) is 0 Å². The molecule has 0 unspecified atom stereocenters. The van der Waals surface area contributed by atoms with Gasteiger partial charge >= 0.3 is 0 Å². The largest absolute Gasteiger partial charge is 0.350 e. The highest BCUT2D eigenvalue weighted by Crippen LogP contribution is 2.35. The Morgan fingerprint density at radius 3 is 2.29 bits per heavy atom. The summed E-state index contributed by atoms with van der Waals surface area (Å²) in [5.41, 5.74) is 1.14. The Hall–Kier alpha value is -0.610. The molecule has 2 rings (SSSR count). The Morgan fingerprint density at radius 1 is 1.00 bits per heavy atom. The van der Waals surface area contributed by atoms with Gasteiger partial charge in [0.1, 0.15) is 4.64 Å². The van der Waals surface area contributed by atoms with E-state index in [0.29, 0.717) is 26.2 Å². The molecular weight excluding hydrogens is 304 g/mol. The molecule has 0 fully saturated rings. The number of aromatic amines is 1. The normalized spacial score (nSPS) is 10.6. The average Bonchev–Trinajstić information content (AvgIpc) is 2.27. The zero-order valence-electron chi connectivity index (χ0n) is 8.23. The van der Waals surface area contributed by atoms with Crippen molar-refractivity contribution in [3.63, 3.8) is 0 Å². The molecule has 0 atom stereocenters. The fourth-order valence-corrected chi connectivity index (χ4v) is 2.13. The molecule has 0 saturated carbocycles. The Balaban J connectivity index is 2.64. The van der Waals surface area contributed by atoms with Crippen molar-refractivity contribution in [1.82, 2.24) is 4.98 Å². The minimum absolute atomic E-state index is 0.0462. The summed E-state index contributed by atoms with van der Waals surface area (Å²) in [4.78, 5) is 2.63. The van der Waals surface area contributed by atoms with E-state index >= 15 is 0 Å². The second kappa shape index (κ2) is 4.94. The van der Waals surface area contributed by atoms with Crippen molar-refractivity contribution in [3.05, 3.63) is 49.9 Å². The number of pyridine rings is 1. The van der Waals surface area contributed by atoms with Crippen LogP contribution in [-0.4, -0.2) is 4.98 Å². The fraction of sp³-hybridized carbons (Fsp3) is 0. The minimum atomic E-state index is -0.514. The lowest BCUT2D eigenvalue weighted by molar-refractivity contribution is 0.617. The molecule has 1 heterocycles. The maximum atomic E-state index is 13.3. The van der Waals surface area contributed by atoms with Gasteiger partial charge in [-0.1, -0.05) is 47.0 Å². The number of nitrogens with one attached hydrogen (secondary N) is 1. The lowest BCUT2D eigenvalue weighted by atomic mass is 10.1. The van der Waals surface area contributed by atoms with Gasteiger partial charge in [-0.3, -0.25) is 0 Å². The van der Waals surface area contributed by atoms with E-state index in [1.165, 1.54) is 12.1 Å². The van der Waals surface area contributed by atoms with Gasteiger partial charge < -0.3 is 4.98 Å². The molecule has 1 nitrogen and oxygen atoms in total. The highest BCUT2D eigenvalue weighted by atomic mass is 35.5. The van der Waals surface area contributed by atoms with E-state index < -0.39 is 5.82 Å². The molecule has 0 amide bonds. The first-order valence-electron chi connectivity index (χ1n) is 4.52. The maximum absolute atomic E-state index is 13.3. The lowest BCUT2D eigenvalue weighted by Gasteiger charge is -2.06. The topological polar surface area (TPSA) is 15.8 Å². The number of aromatic nitrogens is 1. The molecule has 2 aromatic rings. The van der Waals surface area contributed by atoms with E-state index in [1.54, 1.807) is 12.3 Å². The molecule has 88 valence electrons. The predicted octanol–water partition coefficient (Wildman–Crippen LogP) is 5.51. The van der Waals surface area contributed by atoms with Crippen molar-refractivity contribution in [3.8, 4) is 11.1 Å². The number of hydrogen-bond acceptors (Lipinski definition) is 1. The van der Waals surface area contributed by atoms with Crippen LogP contribution in [0.5, 0.6) is 0 Å². The molecule has 1 aromatic heterocycles. The SMILES string of the molecule is Fc1cc(-c2cc(Cl)c(Cl)cc2Cl)c[nH]c1=S. The van der Waals surface area contributed by atoms with Crippen LogP contribution in [-0.2, 0) is 0 Å². The van der Waals surface area contributed by atoms with Gasteiger partial charge in [-0.25, -0.2) is 4.39 Å². The van der Waals surface area contributed by atoms with E-state index in [9.17, 15) is 4.39 Å². The Kier molecular flexibility index (Phi) is 3.73. The first kappa shape index (κ1) is 12.8. The summed E-state index contributed by atoms with van der Waals surface area (Å²) in [6, 6.07) is 4.39. The van der Waals surface area contributed by atoms with Gasteiger partial charge in [-0.05, 0) is 18.2 Å². The molecule has 0 bridgehead atoms. The van der Waals surface area contributed by atoms with Gasteiger partial charge in [0.25, 0.3) is 0 Å². The molecule has 0 radical (unpaired) electrons. The van der Waals surface area contributed by atoms with Crippen molar-refractivity contribution in [2.24, 2.45) is 0 Å². The number of rotatable bonds is 1. The quantitative estimate of drug-likeness (QED) is 0.542. The predicted molar refractivity (Wildman–Crippen MR) is 72.1 cm³/mol. The van der Waals surface area contributed by atoms with Crippen LogP contribution in [0, 0.1) is 10.5 Å². The molecule has 0 aliphatic heterocycles. The van der Waals surface area contributed by atoms with Gasteiger partial charge in [0.05, 0.1) is 15.1 Å². The van der Waals surface area contributed by atoms with Gasteiger partial charge in [0.2, 0.25) is 0 Å². The van der Waals surface area contributed by atoms with Crippen LogP contribution in [0.1, 0.15) is 0 Å². The highest BCUT2D eigenvalue weighted by molar-refractivity contribution is 7.71. The van der Waals surface area contributed by atoms with Crippen LogP contribution in [0.3, 0.4) is 0 Å². The van der Waals surface area contributed by atoms with Gasteiger partial charge in [0, 0.05) is 17.3 Å². The zero-order chi connectivity index (χ0) is 12.6. The Morgan fingerprint density at radius 2 is 1.65 bits per heavy atom. The Bertz CT molecular complexity index is 639. The second-order valence-electron chi connectivity index (χ2n) is 3.31. The van der Waals surface area contributed by atoms with Crippen molar-refractivity contribution in [2.75, 3.05) is 0 Å². The van der Waals surface area contributed by atoms with Gasteiger partial charge in [-0.2, -0.15) is 0 Å². The van der Waals surface area contributed by atoms with E-state index in [0.717, 1.165) is 0 Å². The number of halogens is 4. The summed E-state index contributed by atoms with van der Waals surface area (Å²) in [6.45, 7) is 0. The van der Waals surface area contributed by atoms with Crippen LogP contribution in [0.2, 0.25) is 15.1 Å². The summed E-state index contributed by atoms with van der Waals surface area (Å²) >= 11 is 22.5. The van der Waals surface area contributed by atoms with Crippen LogP contribution in [0.15, 0.2) is 24.4 Å². The third-order valence-corrected chi connectivity index (χ3v) is 3.53. The van der Waals surface area contributed by atoms with Crippen LogP contribution in [0.25, 0.3) is 11.1 Å². The van der Waals surface area contributed by atoms with Crippen molar-refractivity contribution >= 4 is 47.0 Å². The summed E-state index contributed by atoms with van der Waals surface area (Å²) in [5.74, 6) is -0.514. The molecule has 0 aliphatic carbocycles. The van der Waals surface area contributed by atoms with E-state index in [4.69, 9.17) is 47.0 Å². The number of H-pyrrole nitrogens is 1.